The van der Waals surface area contributed by atoms with Crippen molar-refractivity contribution in [2.75, 3.05) is 13.2 Å². The number of imidazole rings is 1. The van der Waals surface area contributed by atoms with Crippen LogP contribution in [0.15, 0.2) is 48.5 Å². The number of hydrogen-bond donors (Lipinski definition) is 1. The molecule has 1 aromatic heterocycles. The van der Waals surface area contributed by atoms with Crippen molar-refractivity contribution in [1.82, 2.24) is 14.9 Å². The van der Waals surface area contributed by atoms with E-state index in [1.165, 1.54) is 5.56 Å². The molecule has 166 valence electrons. The highest BCUT2D eigenvalue weighted by Gasteiger charge is 2.13. The molecule has 1 heterocycles. The summed E-state index contributed by atoms with van der Waals surface area (Å²) in [4.78, 5) is 16.5. The van der Waals surface area contributed by atoms with Crippen molar-refractivity contribution in [2.45, 2.75) is 65.3 Å². The van der Waals surface area contributed by atoms with Crippen LogP contribution in [0.4, 0.5) is 0 Å². The summed E-state index contributed by atoms with van der Waals surface area (Å²) in [6.07, 6.45) is 3.16. The number of aromatic nitrogens is 2. The number of benzene rings is 2. The van der Waals surface area contributed by atoms with Crippen LogP contribution in [0.5, 0.6) is 5.75 Å². The first-order valence-corrected chi connectivity index (χ1v) is 11.3. The molecular weight excluding hydrogens is 386 g/mol. The Kier molecular flexibility index (Phi) is 7.72. The Morgan fingerprint density at radius 3 is 2.55 bits per heavy atom. The highest BCUT2D eigenvalue weighted by Crippen LogP contribution is 2.24. The fourth-order valence-corrected chi connectivity index (χ4v) is 3.66. The third kappa shape index (κ3) is 6.33. The largest absolute Gasteiger partial charge is 0.492 e. The van der Waals surface area contributed by atoms with Crippen LogP contribution in [-0.2, 0) is 23.2 Å². The van der Waals surface area contributed by atoms with Crippen molar-refractivity contribution in [3.8, 4) is 5.75 Å². The van der Waals surface area contributed by atoms with Gasteiger partial charge < -0.3 is 14.6 Å². The Morgan fingerprint density at radius 2 is 1.84 bits per heavy atom. The Hall–Kier alpha value is -2.82. The molecule has 0 fully saturated rings. The Morgan fingerprint density at radius 1 is 1.10 bits per heavy atom. The van der Waals surface area contributed by atoms with Gasteiger partial charge in [0.25, 0.3) is 0 Å². The fourth-order valence-electron chi connectivity index (χ4n) is 3.66. The van der Waals surface area contributed by atoms with Gasteiger partial charge in [0, 0.05) is 19.4 Å². The van der Waals surface area contributed by atoms with Gasteiger partial charge in [-0.3, -0.25) is 4.79 Å². The molecule has 2 aromatic carbocycles. The summed E-state index contributed by atoms with van der Waals surface area (Å²) in [6.45, 7) is 10.6. The SMILES string of the molecule is CCCC(=O)NCCCc1nc2ccccc2n1CCOc1ccc(C(C)(C)C)cc1. The summed E-state index contributed by atoms with van der Waals surface area (Å²) in [5, 5.41) is 2.99. The second-order valence-electron chi connectivity index (χ2n) is 8.99. The van der Waals surface area contributed by atoms with Crippen LogP contribution in [0, 0.1) is 0 Å². The molecule has 3 rings (SSSR count). The predicted octanol–water partition coefficient (Wildman–Crippen LogP) is 5.26. The van der Waals surface area contributed by atoms with Gasteiger partial charge >= 0.3 is 0 Å². The first kappa shape index (κ1) is 22.9. The monoisotopic (exact) mass is 421 g/mol. The topological polar surface area (TPSA) is 56.2 Å². The minimum absolute atomic E-state index is 0.127. The van der Waals surface area contributed by atoms with E-state index in [0.717, 1.165) is 48.4 Å². The smallest absolute Gasteiger partial charge is 0.219 e. The third-order valence-corrected chi connectivity index (χ3v) is 5.41. The van der Waals surface area contributed by atoms with E-state index in [1.807, 2.05) is 37.3 Å². The molecule has 0 aliphatic carbocycles. The zero-order valence-corrected chi connectivity index (χ0v) is 19.3. The molecule has 0 saturated heterocycles. The van der Waals surface area contributed by atoms with Crippen molar-refractivity contribution in [3.63, 3.8) is 0 Å². The van der Waals surface area contributed by atoms with Gasteiger partial charge in [-0.15, -0.1) is 0 Å². The average molecular weight is 422 g/mol. The number of carbonyl (C=O) groups excluding carboxylic acids is 1. The third-order valence-electron chi connectivity index (χ3n) is 5.41. The molecule has 5 nitrogen and oxygen atoms in total. The number of hydrogen-bond acceptors (Lipinski definition) is 3. The van der Waals surface area contributed by atoms with Crippen LogP contribution in [0.1, 0.15) is 58.3 Å². The molecule has 1 N–H and O–H groups in total. The summed E-state index contributed by atoms with van der Waals surface area (Å²) in [5.41, 5.74) is 3.56. The van der Waals surface area contributed by atoms with Crippen LogP contribution < -0.4 is 10.1 Å². The molecule has 0 radical (unpaired) electrons. The molecule has 31 heavy (non-hydrogen) atoms. The van der Waals surface area contributed by atoms with E-state index in [4.69, 9.17) is 9.72 Å². The quantitative estimate of drug-likeness (QED) is 0.454. The molecule has 0 saturated carbocycles. The van der Waals surface area contributed by atoms with E-state index in [1.54, 1.807) is 0 Å². The standard InChI is InChI=1S/C26H35N3O2/c1-5-9-25(30)27-17-8-12-24-28-22-10-6-7-11-23(22)29(24)18-19-31-21-15-13-20(14-16-21)26(2,3)4/h6-7,10-11,13-16H,5,8-9,12,17-19H2,1-4H3,(H,27,30). The van der Waals surface area contributed by atoms with E-state index < -0.39 is 0 Å². The van der Waals surface area contributed by atoms with Gasteiger partial charge in [0.05, 0.1) is 17.6 Å². The normalized spacial score (nSPS) is 11.6. The lowest BCUT2D eigenvalue weighted by Gasteiger charge is -2.19. The van der Waals surface area contributed by atoms with Crippen molar-refractivity contribution in [2.24, 2.45) is 0 Å². The first-order valence-electron chi connectivity index (χ1n) is 11.3. The van der Waals surface area contributed by atoms with Crippen LogP contribution >= 0.6 is 0 Å². The number of nitrogens with one attached hydrogen (secondary N) is 1. The summed E-state index contributed by atoms with van der Waals surface area (Å²) in [7, 11) is 0. The van der Waals surface area contributed by atoms with Gasteiger partial charge in [0.1, 0.15) is 18.2 Å². The number of fused-ring (bicyclic) bond motifs is 1. The number of para-hydroxylation sites is 2. The van der Waals surface area contributed by atoms with Crippen LogP contribution in [0.2, 0.25) is 0 Å². The number of amides is 1. The zero-order valence-electron chi connectivity index (χ0n) is 19.3. The maximum Gasteiger partial charge on any atom is 0.219 e. The highest BCUT2D eigenvalue weighted by atomic mass is 16.5. The predicted molar refractivity (Wildman–Crippen MR) is 127 cm³/mol. The summed E-state index contributed by atoms with van der Waals surface area (Å²) >= 11 is 0. The lowest BCUT2D eigenvalue weighted by Crippen LogP contribution is -2.24. The number of ether oxygens (including phenoxy) is 1. The molecule has 1 amide bonds. The molecule has 5 heteroatoms. The van der Waals surface area contributed by atoms with Crippen molar-refractivity contribution >= 4 is 16.9 Å². The van der Waals surface area contributed by atoms with Gasteiger partial charge in [-0.25, -0.2) is 4.98 Å². The van der Waals surface area contributed by atoms with Crippen molar-refractivity contribution in [1.29, 1.82) is 0 Å². The number of carbonyl (C=O) groups is 1. The molecule has 0 aliphatic rings. The molecular formula is C26H35N3O2. The highest BCUT2D eigenvalue weighted by molar-refractivity contribution is 5.76. The van der Waals surface area contributed by atoms with Crippen molar-refractivity contribution < 1.29 is 9.53 Å². The molecule has 3 aromatic rings. The average Bonchev–Trinajstić information content (AvgIpc) is 3.09. The minimum Gasteiger partial charge on any atom is -0.492 e. The zero-order chi connectivity index (χ0) is 22.3. The number of nitrogens with zero attached hydrogens (tertiary/aromatic N) is 2. The van der Waals surface area contributed by atoms with Crippen LogP contribution in [-0.4, -0.2) is 28.6 Å². The Labute approximate surface area is 185 Å². The van der Waals surface area contributed by atoms with E-state index in [2.05, 4.69) is 48.9 Å². The van der Waals surface area contributed by atoms with Gasteiger partial charge in [0.15, 0.2) is 0 Å². The summed E-state index contributed by atoms with van der Waals surface area (Å²) in [5.74, 6) is 2.05. The molecule has 0 aliphatic heterocycles. The lowest BCUT2D eigenvalue weighted by molar-refractivity contribution is -0.121. The number of aryl methyl sites for hydroxylation is 1. The maximum atomic E-state index is 11.7. The molecule has 0 unspecified atom stereocenters. The van der Waals surface area contributed by atoms with Crippen LogP contribution in [0.25, 0.3) is 11.0 Å². The van der Waals surface area contributed by atoms with Crippen molar-refractivity contribution in [3.05, 3.63) is 59.9 Å². The van der Waals surface area contributed by atoms with E-state index >= 15 is 0 Å². The Balaban J connectivity index is 1.61. The van der Waals surface area contributed by atoms with E-state index in [0.29, 0.717) is 19.6 Å². The summed E-state index contributed by atoms with van der Waals surface area (Å²) in [6, 6.07) is 16.6. The van der Waals surface area contributed by atoms with Crippen LogP contribution in [0.3, 0.4) is 0 Å². The fraction of sp³-hybridized carbons (Fsp3) is 0.462. The minimum atomic E-state index is 0.127. The van der Waals surface area contributed by atoms with Gasteiger partial charge in [0.2, 0.25) is 5.91 Å². The first-order chi connectivity index (χ1) is 14.9. The molecule has 0 atom stereocenters. The second-order valence-corrected chi connectivity index (χ2v) is 8.99. The Bertz CT molecular complexity index is 984. The van der Waals surface area contributed by atoms with E-state index in [-0.39, 0.29) is 11.3 Å². The van der Waals surface area contributed by atoms with E-state index in [9.17, 15) is 4.79 Å². The number of rotatable bonds is 10. The molecule has 0 bridgehead atoms. The second kappa shape index (κ2) is 10.5. The lowest BCUT2D eigenvalue weighted by atomic mass is 9.87. The maximum absolute atomic E-state index is 11.7. The van der Waals surface area contributed by atoms with Gasteiger partial charge in [-0.1, -0.05) is 52.0 Å². The van der Waals surface area contributed by atoms with Gasteiger partial charge in [-0.2, -0.15) is 0 Å². The van der Waals surface area contributed by atoms with Gasteiger partial charge in [-0.05, 0) is 48.1 Å². The molecule has 0 spiro atoms. The summed E-state index contributed by atoms with van der Waals surface area (Å²) < 4.78 is 8.27.